The fourth-order valence-corrected chi connectivity index (χ4v) is 1.68. The van der Waals surface area contributed by atoms with Crippen molar-refractivity contribution in [2.45, 2.75) is 6.18 Å². The van der Waals surface area contributed by atoms with E-state index in [-0.39, 0.29) is 5.75 Å². The molecule has 0 saturated carbocycles. The molecule has 0 spiro atoms. The first-order valence-electron chi connectivity index (χ1n) is 5.76. The maximum Gasteiger partial charge on any atom is 0.401 e. The van der Waals surface area contributed by atoms with Crippen molar-refractivity contribution in [2.75, 3.05) is 6.61 Å². The van der Waals surface area contributed by atoms with Gasteiger partial charge < -0.3 is 10.5 Å². The van der Waals surface area contributed by atoms with Crippen LogP contribution in [0.5, 0.6) is 5.75 Å². The SMILES string of the molecule is N=C(N)C(COc1ccc2cccnc2c1)C(F)(F)F. The number of hydrogen-bond acceptors (Lipinski definition) is 3. The van der Waals surface area contributed by atoms with Gasteiger partial charge in [0.1, 0.15) is 24.1 Å². The van der Waals surface area contributed by atoms with E-state index in [1.807, 2.05) is 6.07 Å². The highest BCUT2D eigenvalue weighted by molar-refractivity contribution is 5.81. The summed E-state index contributed by atoms with van der Waals surface area (Å²) in [7, 11) is 0. The van der Waals surface area contributed by atoms with Crippen LogP contribution < -0.4 is 10.5 Å². The van der Waals surface area contributed by atoms with Gasteiger partial charge in [0, 0.05) is 17.6 Å². The van der Waals surface area contributed by atoms with Gasteiger partial charge in [-0.3, -0.25) is 10.4 Å². The van der Waals surface area contributed by atoms with Gasteiger partial charge in [0.05, 0.1) is 5.52 Å². The maximum atomic E-state index is 12.6. The number of benzene rings is 1. The average Bonchev–Trinajstić information content (AvgIpc) is 2.36. The van der Waals surface area contributed by atoms with Gasteiger partial charge >= 0.3 is 6.18 Å². The fraction of sp³-hybridized carbons (Fsp3) is 0.231. The van der Waals surface area contributed by atoms with Gasteiger partial charge in [0.2, 0.25) is 0 Å². The summed E-state index contributed by atoms with van der Waals surface area (Å²) in [6, 6.07) is 8.40. The third-order valence-electron chi connectivity index (χ3n) is 2.76. The van der Waals surface area contributed by atoms with Crippen LogP contribution in [0.2, 0.25) is 0 Å². The zero-order valence-electron chi connectivity index (χ0n) is 10.3. The minimum absolute atomic E-state index is 0.256. The van der Waals surface area contributed by atoms with Crippen LogP contribution in [0.15, 0.2) is 36.5 Å². The zero-order chi connectivity index (χ0) is 14.8. The quantitative estimate of drug-likeness (QED) is 0.669. The molecular formula is C13H12F3N3O. The van der Waals surface area contributed by atoms with Gasteiger partial charge in [-0.2, -0.15) is 13.2 Å². The number of ether oxygens (including phenoxy) is 1. The first-order chi connectivity index (χ1) is 9.38. The molecule has 1 unspecified atom stereocenters. The van der Waals surface area contributed by atoms with E-state index in [4.69, 9.17) is 15.9 Å². The number of aromatic nitrogens is 1. The molecule has 0 bridgehead atoms. The molecule has 1 aromatic heterocycles. The molecule has 1 heterocycles. The first kappa shape index (κ1) is 14.1. The summed E-state index contributed by atoms with van der Waals surface area (Å²) >= 11 is 0. The normalized spacial score (nSPS) is 13.2. The minimum Gasteiger partial charge on any atom is -0.492 e. The fourth-order valence-electron chi connectivity index (χ4n) is 1.68. The number of amidine groups is 1. The smallest absolute Gasteiger partial charge is 0.401 e. The Morgan fingerprint density at radius 1 is 1.35 bits per heavy atom. The number of pyridine rings is 1. The lowest BCUT2D eigenvalue weighted by molar-refractivity contribution is -0.162. The predicted molar refractivity (Wildman–Crippen MR) is 68.7 cm³/mol. The summed E-state index contributed by atoms with van der Waals surface area (Å²) in [5.41, 5.74) is 5.57. The molecule has 0 aliphatic heterocycles. The molecule has 2 rings (SSSR count). The van der Waals surface area contributed by atoms with Crippen molar-refractivity contribution in [3.8, 4) is 5.75 Å². The van der Waals surface area contributed by atoms with Crippen LogP contribution in [0.25, 0.3) is 10.9 Å². The Morgan fingerprint density at radius 3 is 2.75 bits per heavy atom. The second-order valence-corrected chi connectivity index (χ2v) is 4.22. The van der Waals surface area contributed by atoms with Crippen LogP contribution in [-0.2, 0) is 0 Å². The standard InChI is InChI=1S/C13H12F3N3O/c14-13(15,16)10(12(17)18)7-20-9-4-3-8-2-1-5-19-11(8)6-9/h1-6,10H,7H2,(H3,17,18). The van der Waals surface area contributed by atoms with Gasteiger partial charge in [-0.15, -0.1) is 0 Å². The van der Waals surface area contributed by atoms with Crippen LogP contribution in [0.3, 0.4) is 0 Å². The van der Waals surface area contributed by atoms with E-state index in [2.05, 4.69) is 4.98 Å². The lowest BCUT2D eigenvalue weighted by atomic mass is 10.1. The molecule has 1 atom stereocenters. The molecule has 20 heavy (non-hydrogen) atoms. The number of rotatable bonds is 4. The Balaban J connectivity index is 2.14. The topological polar surface area (TPSA) is 72.0 Å². The van der Waals surface area contributed by atoms with Crippen LogP contribution >= 0.6 is 0 Å². The highest BCUT2D eigenvalue weighted by Crippen LogP contribution is 2.27. The number of nitrogens with zero attached hydrogens (tertiary/aromatic N) is 1. The van der Waals surface area contributed by atoms with E-state index in [0.29, 0.717) is 5.52 Å². The third kappa shape index (κ3) is 3.17. The lowest BCUT2D eigenvalue weighted by Gasteiger charge is -2.19. The third-order valence-corrected chi connectivity index (χ3v) is 2.76. The molecule has 0 aliphatic carbocycles. The van der Waals surface area contributed by atoms with E-state index in [0.717, 1.165) is 5.39 Å². The van der Waals surface area contributed by atoms with Crippen molar-refractivity contribution >= 4 is 16.7 Å². The van der Waals surface area contributed by atoms with Crippen LogP contribution in [0.1, 0.15) is 0 Å². The zero-order valence-corrected chi connectivity index (χ0v) is 10.3. The van der Waals surface area contributed by atoms with Crippen molar-refractivity contribution in [1.82, 2.24) is 4.98 Å². The highest BCUT2D eigenvalue weighted by Gasteiger charge is 2.42. The molecule has 4 nitrogen and oxygen atoms in total. The van der Waals surface area contributed by atoms with Crippen LogP contribution in [0, 0.1) is 11.3 Å². The summed E-state index contributed by atoms with van der Waals surface area (Å²) in [6.07, 6.45) is -3.01. The lowest BCUT2D eigenvalue weighted by Crippen LogP contribution is -2.39. The molecule has 3 N–H and O–H groups in total. The summed E-state index contributed by atoms with van der Waals surface area (Å²) in [6.45, 7) is -0.725. The van der Waals surface area contributed by atoms with Crippen molar-refractivity contribution in [1.29, 1.82) is 5.41 Å². The van der Waals surface area contributed by atoms with Gasteiger partial charge in [-0.25, -0.2) is 0 Å². The number of halogens is 3. The van der Waals surface area contributed by atoms with E-state index in [9.17, 15) is 13.2 Å². The molecule has 1 aromatic carbocycles. The monoisotopic (exact) mass is 283 g/mol. The summed E-state index contributed by atoms with van der Waals surface area (Å²) in [4.78, 5) is 4.08. The van der Waals surface area contributed by atoms with Gasteiger partial charge in [0.15, 0.2) is 0 Å². The molecule has 7 heteroatoms. The number of nitrogens with one attached hydrogen (secondary N) is 1. The van der Waals surface area contributed by atoms with E-state index < -0.39 is 24.5 Å². The molecule has 0 fully saturated rings. The number of alkyl halides is 3. The van der Waals surface area contributed by atoms with E-state index in [1.54, 1.807) is 30.5 Å². The Labute approximate surface area is 112 Å². The molecule has 0 saturated heterocycles. The Kier molecular flexibility index (Phi) is 3.78. The molecule has 2 aromatic rings. The molecule has 0 radical (unpaired) electrons. The number of hydrogen-bond donors (Lipinski definition) is 2. The minimum atomic E-state index is -4.60. The molecule has 0 amide bonds. The average molecular weight is 283 g/mol. The van der Waals surface area contributed by atoms with Crippen LogP contribution in [-0.4, -0.2) is 23.6 Å². The van der Waals surface area contributed by atoms with Crippen molar-refractivity contribution in [2.24, 2.45) is 11.7 Å². The number of fused-ring (bicyclic) bond motifs is 1. The van der Waals surface area contributed by atoms with Crippen molar-refractivity contribution < 1.29 is 17.9 Å². The second-order valence-electron chi connectivity index (χ2n) is 4.22. The Morgan fingerprint density at radius 2 is 2.10 bits per heavy atom. The maximum absolute atomic E-state index is 12.6. The van der Waals surface area contributed by atoms with Gasteiger partial charge in [-0.05, 0) is 18.2 Å². The van der Waals surface area contributed by atoms with Gasteiger partial charge in [0.25, 0.3) is 0 Å². The summed E-state index contributed by atoms with van der Waals surface area (Å²) in [5, 5.41) is 7.83. The van der Waals surface area contributed by atoms with Crippen molar-refractivity contribution in [3.63, 3.8) is 0 Å². The van der Waals surface area contributed by atoms with Crippen molar-refractivity contribution in [3.05, 3.63) is 36.5 Å². The second kappa shape index (κ2) is 5.36. The molecule has 0 aliphatic rings. The first-order valence-corrected chi connectivity index (χ1v) is 5.76. The van der Waals surface area contributed by atoms with E-state index >= 15 is 0 Å². The Hall–Kier alpha value is -2.31. The summed E-state index contributed by atoms with van der Waals surface area (Å²) in [5.74, 6) is -2.81. The number of nitrogens with two attached hydrogens (primary N) is 1. The Bertz CT molecular complexity index is 628. The predicted octanol–water partition coefficient (Wildman–Crippen LogP) is 2.73. The highest BCUT2D eigenvalue weighted by atomic mass is 19.4. The van der Waals surface area contributed by atoms with E-state index in [1.165, 1.54) is 0 Å². The molecule has 106 valence electrons. The van der Waals surface area contributed by atoms with Crippen LogP contribution in [0.4, 0.5) is 13.2 Å². The van der Waals surface area contributed by atoms with Gasteiger partial charge in [-0.1, -0.05) is 6.07 Å². The summed E-state index contributed by atoms with van der Waals surface area (Å²) < 4.78 is 42.9. The largest absolute Gasteiger partial charge is 0.492 e. The molecular weight excluding hydrogens is 271 g/mol.